The molecule has 0 spiro atoms. The highest BCUT2D eigenvalue weighted by molar-refractivity contribution is 7.09. The molecule has 1 heterocycles. The molecule has 0 aliphatic heterocycles. The highest BCUT2D eigenvalue weighted by Crippen LogP contribution is 2.12. The Labute approximate surface area is 118 Å². The van der Waals surface area contributed by atoms with Crippen molar-refractivity contribution in [1.29, 1.82) is 0 Å². The summed E-state index contributed by atoms with van der Waals surface area (Å²) in [5, 5.41) is 6.58. The number of rotatable bonds is 8. The van der Waals surface area contributed by atoms with E-state index < -0.39 is 0 Å². The van der Waals surface area contributed by atoms with Crippen molar-refractivity contribution in [2.24, 2.45) is 0 Å². The Morgan fingerprint density at radius 1 is 1.26 bits per heavy atom. The van der Waals surface area contributed by atoms with Crippen molar-refractivity contribution in [2.45, 2.75) is 26.4 Å². The summed E-state index contributed by atoms with van der Waals surface area (Å²) in [7, 11) is 0. The first-order chi connectivity index (χ1) is 9.38. The Kier molecular flexibility index (Phi) is 5.85. The van der Waals surface area contributed by atoms with Crippen molar-refractivity contribution in [3.8, 4) is 0 Å². The molecule has 102 valence electrons. The highest BCUT2D eigenvalue weighted by atomic mass is 32.1. The summed E-state index contributed by atoms with van der Waals surface area (Å²) >= 11 is 1.68. The Morgan fingerprint density at radius 3 is 2.89 bits per heavy atom. The third-order valence-corrected chi connectivity index (χ3v) is 3.53. The molecule has 0 amide bonds. The molecule has 2 aromatic rings. The first-order valence-electron chi connectivity index (χ1n) is 6.68. The number of anilines is 1. The second kappa shape index (κ2) is 7.92. The Balaban J connectivity index is 1.71. The molecule has 2 rings (SSSR count). The van der Waals surface area contributed by atoms with Crippen molar-refractivity contribution >= 4 is 17.0 Å². The number of para-hydroxylation sites is 1. The van der Waals surface area contributed by atoms with Gasteiger partial charge in [0, 0.05) is 30.6 Å². The maximum absolute atomic E-state index is 5.49. The molecule has 0 atom stereocenters. The molecule has 4 heteroatoms. The smallest absolute Gasteiger partial charge is 0.119 e. The average Bonchev–Trinajstić information content (AvgIpc) is 2.88. The van der Waals surface area contributed by atoms with E-state index in [2.05, 4.69) is 34.7 Å². The molecule has 0 aliphatic rings. The van der Waals surface area contributed by atoms with E-state index in [1.165, 1.54) is 0 Å². The highest BCUT2D eigenvalue weighted by Gasteiger charge is 2.02. The van der Waals surface area contributed by atoms with Crippen LogP contribution in [0.2, 0.25) is 0 Å². The average molecular weight is 276 g/mol. The number of nitrogens with zero attached hydrogens (tertiary/aromatic N) is 1. The lowest BCUT2D eigenvalue weighted by Crippen LogP contribution is -2.05. The van der Waals surface area contributed by atoms with Gasteiger partial charge in [-0.05, 0) is 18.6 Å². The van der Waals surface area contributed by atoms with E-state index in [9.17, 15) is 0 Å². The van der Waals surface area contributed by atoms with Crippen LogP contribution in [0.5, 0.6) is 0 Å². The van der Waals surface area contributed by atoms with Crippen LogP contribution in [0, 0.1) is 0 Å². The number of hydrogen-bond acceptors (Lipinski definition) is 4. The monoisotopic (exact) mass is 276 g/mol. The van der Waals surface area contributed by atoms with Crippen LogP contribution in [0.1, 0.15) is 24.0 Å². The van der Waals surface area contributed by atoms with Gasteiger partial charge < -0.3 is 10.1 Å². The van der Waals surface area contributed by atoms with Crippen molar-refractivity contribution < 1.29 is 4.74 Å². The molecule has 0 unspecified atom stereocenters. The number of aromatic nitrogens is 1. The summed E-state index contributed by atoms with van der Waals surface area (Å²) in [6.07, 6.45) is 2.00. The van der Waals surface area contributed by atoms with Gasteiger partial charge in [0.05, 0.1) is 12.3 Å². The van der Waals surface area contributed by atoms with Gasteiger partial charge in [0.25, 0.3) is 0 Å². The molecular weight excluding hydrogens is 256 g/mol. The second-order valence-electron chi connectivity index (χ2n) is 4.33. The molecule has 1 aromatic carbocycles. The van der Waals surface area contributed by atoms with Gasteiger partial charge in [-0.2, -0.15) is 0 Å². The number of ether oxygens (including phenoxy) is 1. The summed E-state index contributed by atoms with van der Waals surface area (Å²) in [6.45, 7) is 4.47. The summed E-state index contributed by atoms with van der Waals surface area (Å²) < 4.78 is 5.49. The van der Waals surface area contributed by atoms with E-state index in [1.807, 2.05) is 18.2 Å². The van der Waals surface area contributed by atoms with Crippen LogP contribution >= 0.6 is 11.3 Å². The van der Waals surface area contributed by atoms with Gasteiger partial charge >= 0.3 is 0 Å². The minimum atomic E-state index is 0.643. The van der Waals surface area contributed by atoms with E-state index in [1.54, 1.807) is 11.3 Å². The van der Waals surface area contributed by atoms with Crippen molar-refractivity contribution in [3.05, 3.63) is 46.4 Å². The quantitative estimate of drug-likeness (QED) is 0.746. The van der Waals surface area contributed by atoms with Gasteiger partial charge in [-0.1, -0.05) is 25.1 Å². The zero-order valence-corrected chi connectivity index (χ0v) is 12.1. The zero-order chi connectivity index (χ0) is 13.3. The van der Waals surface area contributed by atoms with Crippen molar-refractivity contribution in [3.63, 3.8) is 0 Å². The fourth-order valence-corrected chi connectivity index (χ4v) is 2.49. The molecule has 0 radical (unpaired) electrons. The first kappa shape index (κ1) is 14.0. The van der Waals surface area contributed by atoms with Gasteiger partial charge in [0.15, 0.2) is 0 Å². The number of nitrogens with one attached hydrogen (secondary N) is 1. The Hall–Kier alpha value is -1.39. The third kappa shape index (κ3) is 5.01. The molecule has 1 aromatic heterocycles. The maximum Gasteiger partial charge on any atom is 0.119 e. The van der Waals surface area contributed by atoms with Gasteiger partial charge in [-0.25, -0.2) is 4.98 Å². The molecule has 0 fully saturated rings. The summed E-state index contributed by atoms with van der Waals surface area (Å²) in [5.41, 5.74) is 2.30. The SMILES string of the molecule is CCCOCc1nc(CCNc2ccccc2)cs1. The van der Waals surface area contributed by atoms with Crippen LogP contribution in [0.15, 0.2) is 35.7 Å². The number of hydrogen-bond donors (Lipinski definition) is 1. The standard InChI is InChI=1S/C15H20N2OS/c1-2-10-18-11-15-17-14(12-19-15)8-9-16-13-6-4-3-5-7-13/h3-7,12,16H,2,8-11H2,1H3. The lowest BCUT2D eigenvalue weighted by molar-refractivity contribution is 0.121. The molecule has 0 aliphatic carbocycles. The molecular formula is C15H20N2OS. The van der Waals surface area contributed by atoms with Crippen LogP contribution in [-0.2, 0) is 17.8 Å². The Bertz CT molecular complexity index is 470. The van der Waals surface area contributed by atoms with E-state index in [-0.39, 0.29) is 0 Å². The third-order valence-electron chi connectivity index (χ3n) is 2.66. The predicted octanol–water partition coefficient (Wildman–Crippen LogP) is 3.72. The molecule has 0 bridgehead atoms. The van der Waals surface area contributed by atoms with Crippen LogP contribution in [0.4, 0.5) is 5.69 Å². The lowest BCUT2D eigenvalue weighted by atomic mass is 10.3. The van der Waals surface area contributed by atoms with Gasteiger partial charge in [-0.15, -0.1) is 11.3 Å². The molecule has 3 nitrogen and oxygen atoms in total. The number of benzene rings is 1. The topological polar surface area (TPSA) is 34.1 Å². The molecule has 0 saturated carbocycles. The first-order valence-corrected chi connectivity index (χ1v) is 7.56. The summed E-state index contributed by atoms with van der Waals surface area (Å²) in [4.78, 5) is 4.57. The number of thiazole rings is 1. The van der Waals surface area contributed by atoms with E-state index >= 15 is 0 Å². The van der Waals surface area contributed by atoms with Gasteiger partial charge in [0.2, 0.25) is 0 Å². The summed E-state index contributed by atoms with van der Waals surface area (Å²) in [6, 6.07) is 10.2. The maximum atomic E-state index is 5.49. The molecule has 0 saturated heterocycles. The van der Waals surface area contributed by atoms with Crippen molar-refractivity contribution in [2.75, 3.05) is 18.5 Å². The Morgan fingerprint density at radius 2 is 2.11 bits per heavy atom. The largest absolute Gasteiger partial charge is 0.385 e. The van der Waals surface area contributed by atoms with Crippen LogP contribution in [0.3, 0.4) is 0 Å². The zero-order valence-electron chi connectivity index (χ0n) is 11.3. The van der Waals surface area contributed by atoms with E-state index in [4.69, 9.17) is 4.74 Å². The van der Waals surface area contributed by atoms with Gasteiger partial charge in [-0.3, -0.25) is 0 Å². The van der Waals surface area contributed by atoms with E-state index in [0.717, 1.165) is 42.4 Å². The normalized spacial score (nSPS) is 10.6. The fraction of sp³-hybridized carbons (Fsp3) is 0.400. The van der Waals surface area contributed by atoms with Crippen LogP contribution in [-0.4, -0.2) is 18.1 Å². The van der Waals surface area contributed by atoms with Crippen LogP contribution in [0.25, 0.3) is 0 Å². The van der Waals surface area contributed by atoms with Gasteiger partial charge in [0.1, 0.15) is 5.01 Å². The van der Waals surface area contributed by atoms with Crippen molar-refractivity contribution in [1.82, 2.24) is 4.98 Å². The lowest BCUT2D eigenvalue weighted by Gasteiger charge is -2.04. The minimum Gasteiger partial charge on any atom is -0.385 e. The second-order valence-corrected chi connectivity index (χ2v) is 5.27. The molecule has 1 N–H and O–H groups in total. The molecule has 19 heavy (non-hydrogen) atoms. The van der Waals surface area contributed by atoms with Crippen LogP contribution < -0.4 is 5.32 Å². The fourth-order valence-electron chi connectivity index (χ4n) is 1.72. The minimum absolute atomic E-state index is 0.643. The predicted molar refractivity (Wildman–Crippen MR) is 80.7 cm³/mol. The van der Waals surface area contributed by atoms with E-state index in [0.29, 0.717) is 6.61 Å². The summed E-state index contributed by atoms with van der Waals surface area (Å²) in [5.74, 6) is 0.